The Hall–Kier alpha value is -1.40. The van der Waals surface area contributed by atoms with Crippen LogP contribution in [0.25, 0.3) is 0 Å². The van der Waals surface area contributed by atoms with Crippen molar-refractivity contribution in [2.24, 2.45) is 5.41 Å². The monoisotopic (exact) mass is 304 g/mol. The first-order chi connectivity index (χ1) is 9.77. The number of rotatable bonds is 5. The molecule has 0 aromatic rings. The van der Waals surface area contributed by atoms with E-state index in [0.717, 1.165) is 12.8 Å². The van der Waals surface area contributed by atoms with Gasteiger partial charge in [0.25, 0.3) is 0 Å². The van der Waals surface area contributed by atoms with Crippen molar-refractivity contribution in [2.45, 2.75) is 57.4 Å². The molecule has 2 amide bonds. The maximum absolute atomic E-state index is 13.3. The van der Waals surface area contributed by atoms with Crippen LogP contribution in [0.3, 0.4) is 0 Å². The summed E-state index contributed by atoms with van der Waals surface area (Å²) in [6, 6.07) is -2.10. The van der Waals surface area contributed by atoms with Crippen LogP contribution in [0.4, 0.5) is 13.6 Å². The molecular formula is C14H22F2N2O3. The molecule has 21 heavy (non-hydrogen) atoms. The van der Waals surface area contributed by atoms with Crippen LogP contribution in [0.15, 0.2) is 0 Å². The quantitative estimate of drug-likeness (QED) is 0.819. The molecule has 1 saturated heterocycles. The highest BCUT2D eigenvalue weighted by Crippen LogP contribution is 2.53. The largest absolute Gasteiger partial charge is 0.480 e. The SMILES string of the molecule is CCC(F)(F)C[C@H](NC(=O)N1CCC2(CC1)CC2)C(=O)O. The minimum atomic E-state index is -3.09. The van der Waals surface area contributed by atoms with Crippen LogP contribution in [-0.4, -0.2) is 47.1 Å². The second-order valence-electron chi connectivity index (χ2n) is 6.24. The molecule has 5 nitrogen and oxygen atoms in total. The summed E-state index contributed by atoms with van der Waals surface area (Å²) in [4.78, 5) is 24.6. The van der Waals surface area contributed by atoms with Crippen LogP contribution in [-0.2, 0) is 4.79 Å². The summed E-state index contributed by atoms with van der Waals surface area (Å²) in [6.45, 7) is 2.44. The molecule has 0 radical (unpaired) electrons. The first kappa shape index (κ1) is 16.0. The van der Waals surface area contributed by atoms with Crippen LogP contribution in [0, 0.1) is 5.41 Å². The number of carboxylic acids is 1. The van der Waals surface area contributed by atoms with E-state index >= 15 is 0 Å². The van der Waals surface area contributed by atoms with Crippen molar-refractivity contribution in [1.82, 2.24) is 10.2 Å². The zero-order chi connectivity index (χ0) is 15.7. The highest BCUT2D eigenvalue weighted by molar-refractivity contribution is 5.82. The Morgan fingerprint density at radius 1 is 1.29 bits per heavy atom. The molecule has 1 aliphatic heterocycles. The molecule has 1 atom stereocenters. The van der Waals surface area contributed by atoms with E-state index in [0.29, 0.717) is 18.5 Å². The van der Waals surface area contributed by atoms with Gasteiger partial charge in [-0.25, -0.2) is 18.4 Å². The van der Waals surface area contributed by atoms with E-state index < -0.39 is 36.8 Å². The maximum Gasteiger partial charge on any atom is 0.326 e. The van der Waals surface area contributed by atoms with Crippen molar-refractivity contribution >= 4 is 12.0 Å². The fraction of sp³-hybridized carbons (Fsp3) is 0.857. The molecular weight excluding hydrogens is 282 g/mol. The highest BCUT2D eigenvalue weighted by atomic mass is 19.3. The summed E-state index contributed by atoms with van der Waals surface area (Å²) < 4.78 is 26.7. The summed E-state index contributed by atoms with van der Waals surface area (Å²) in [5.41, 5.74) is 0.401. The zero-order valence-electron chi connectivity index (χ0n) is 12.2. The van der Waals surface area contributed by atoms with Crippen molar-refractivity contribution < 1.29 is 23.5 Å². The number of carbonyl (C=O) groups is 2. The Bertz CT molecular complexity index is 414. The van der Waals surface area contributed by atoms with Gasteiger partial charge in [-0.15, -0.1) is 0 Å². The number of piperidine rings is 1. The van der Waals surface area contributed by atoms with Crippen LogP contribution in [0.1, 0.15) is 45.4 Å². The van der Waals surface area contributed by atoms with Gasteiger partial charge in [-0.3, -0.25) is 0 Å². The zero-order valence-corrected chi connectivity index (χ0v) is 12.2. The number of hydrogen-bond donors (Lipinski definition) is 2. The molecule has 1 heterocycles. The van der Waals surface area contributed by atoms with Crippen molar-refractivity contribution in [3.63, 3.8) is 0 Å². The molecule has 1 aliphatic carbocycles. The summed E-state index contributed by atoms with van der Waals surface area (Å²) in [5.74, 6) is -4.51. The van der Waals surface area contributed by atoms with E-state index in [1.165, 1.54) is 24.7 Å². The number of nitrogens with one attached hydrogen (secondary N) is 1. The molecule has 0 aromatic carbocycles. The number of halogens is 2. The third-order valence-corrected chi connectivity index (χ3v) is 4.68. The lowest BCUT2D eigenvalue weighted by Gasteiger charge is -2.33. The van der Waals surface area contributed by atoms with Gasteiger partial charge in [-0.05, 0) is 31.1 Å². The molecule has 2 aliphatic rings. The minimum Gasteiger partial charge on any atom is -0.480 e. The number of hydrogen-bond acceptors (Lipinski definition) is 2. The van der Waals surface area contributed by atoms with Crippen molar-refractivity contribution in [3.8, 4) is 0 Å². The van der Waals surface area contributed by atoms with Crippen LogP contribution in [0.2, 0.25) is 0 Å². The minimum absolute atomic E-state index is 0.401. The topological polar surface area (TPSA) is 69.6 Å². The molecule has 2 rings (SSSR count). The van der Waals surface area contributed by atoms with E-state index in [-0.39, 0.29) is 0 Å². The molecule has 0 unspecified atom stereocenters. The van der Waals surface area contributed by atoms with Gasteiger partial charge >= 0.3 is 12.0 Å². The fourth-order valence-corrected chi connectivity index (χ4v) is 2.74. The smallest absolute Gasteiger partial charge is 0.326 e. The number of urea groups is 1. The first-order valence-corrected chi connectivity index (χ1v) is 7.43. The van der Waals surface area contributed by atoms with Gasteiger partial charge in [0.1, 0.15) is 6.04 Å². The van der Waals surface area contributed by atoms with Crippen molar-refractivity contribution in [3.05, 3.63) is 0 Å². The second-order valence-corrected chi connectivity index (χ2v) is 6.24. The standard InChI is InChI=1S/C14H22F2N2O3/c1-2-14(15,16)9-10(11(19)20)17-12(21)18-7-5-13(3-4-13)6-8-18/h10H,2-9H2,1H3,(H,17,21)(H,19,20)/t10-/m0/s1. The van der Waals surface area contributed by atoms with Crippen molar-refractivity contribution in [1.29, 1.82) is 0 Å². The van der Waals surface area contributed by atoms with Gasteiger partial charge in [-0.2, -0.15) is 0 Å². The van der Waals surface area contributed by atoms with Gasteiger partial charge in [0.2, 0.25) is 5.92 Å². The molecule has 1 spiro atoms. The molecule has 1 saturated carbocycles. The maximum atomic E-state index is 13.3. The molecule has 7 heteroatoms. The Kier molecular flexibility index (Phi) is 4.39. The molecule has 0 aromatic heterocycles. The van der Waals surface area contributed by atoms with E-state index in [1.54, 1.807) is 0 Å². The second kappa shape index (κ2) is 5.77. The lowest BCUT2D eigenvalue weighted by atomic mass is 9.94. The van der Waals surface area contributed by atoms with E-state index in [4.69, 9.17) is 5.11 Å². The summed E-state index contributed by atoms with van der Waals surface area (Å²) >= 11 is 0. The highest BCUT2D eigenvalue weighted by Gasteiger charge is 2.45. The first-order valence-electron chi connectivity index (χ1n) is 7.43. The van der Waals surface area contributed by atoms with Crippen LogP contribution in [0.5, 0.6) is 0 Å². The van der Waals surface area contributed by atoms with E-state index in [1.807, 2.05) is 0 Å². The van der Waals surface area contributed by atoms with Crippen molar-refractivity contribution in [2.75, 3.05) is 13.1 Å². The average Bonchev–Trinajstić information content (AvgIpc) is 3.18. The normalized spacial score (nSPS) is 22.0. The third kappa shape index (κ3) is 4.04. The lowest BCUT2D eigenvalue weighted by Crippen LogP contribution is -2.51. The molecule has 0 bridgehead atoms. The van der Waals surface area contributed by atoms with E-state index in [9.17, 15) is 18.4 Å². The number of aliphatic carboxylic acids is 1. The van der Waals surface area contributed by atoms with Gasteiger partial charge in [0.05, 0.1) is 0 Å². The summed E-state index contributed by atoms with van der Waals surface area (Å²) in [5, 5.41) is 11.2. The Labute approximate surface area is 122 Å². The number of alkyl halides is 2. The number of nitrogens with zero attached hydrogens (tertiary/aromatic N) is 1. The van der Waals surface area contributed by atoms with Crippen LogP contribution < -0.4 is 5.32 Å². The summed E-state index contributed by atoms with van der Waals surface area (Å²) in [6.07, 6.45) is 2.92. The van der Waals surface area contributed by atoms with Gasteiger partial charge in [0, 0.05) is 25.9 Å². The average molecular weight is 304 g/mol. The number of carbonyl (C=O) groups excluding carboxylic acids is 1. The Morgan fingerprint density at radius 3 is 2.29 bits per heavy atom. The molecule has 2 fully saturated rings. The Morgan fingerprint density at radius 2 is 1.86 bits per heavy atom. The molecule has 2 N–H and O–H groups in total. The third-order valence-electron chi connectivity index (χ3n) is 4.68. The van der Waals surface area contributed by atoms with Gasteiger partial charge in [0.15, 0.2) is 0 Å². The van der Waals surface area contributed by atoms with E-state index in [2.05, 4.69) is 5.32 Å². The summed E-state index contributed by atoms with van der Waals surface area (Å²) in [7, 11) is 0. The van der Waals surface area contributed by atoms with Crippen LogP contribution >= 0.6 is 0 Å². The van der Waals surface area contributed by atoms with Gasteiger partial charge < -0.3 is 15.3 Å². The number of amides is 2. The fourth-order valence-electron chi connectivity index (χ4n) is 2.74. The predicted molar refractivity (Wildman–Crippen MR) is 72.3 cm³/mol. The molecule has 120 valence electrons. The Balaban J connectivity index is 1.87. The lowest BCUT2D eigenvalue weighted by molar-refractivity contribution is -0.142. The van der Waals surface area contributed by atoms with Gasteiger partial charge in [-0.1, -0.05) is 6.92 Å². The number of likely N-dealkylation sites (tertiary alicyclic amines) is 1. The predicted octanol–water partition coefficient (Wildman–Crippen LogP) is 2.46. The number of carboxylic acid groups (broad SMARTS) is 1.